The van der Waals surface area contributed by atoms with Crippen molar-refractivity contribution in [3.63, 3.8) is 0 Å². The third-order valence-electron chi connectivity index (χ3n) is 2.37. The van der Waals surface area contributed by atoms with Crippen LogP contribution in [0.5, 0.6) is 5.88 Å². The second-order valence-electron chi connectivity index (χ2n) is 3.68. The average Bonchev–Trinajstić information content (AvgIpc) is 2.32. The van der Waals surface area contributed by atoms with Crippen molar-refractivity contribution in [3.05, 3.63) is 11.8 Å². The van der Waals surface area contributed by atoms with Crippen molar-refractivity contribution in [3.8, 4) is 5.88 Å². The van der Waals surface area contributed by atoms with Crippen LogP contribution in [-0.4, -0.2) is 10.8 Å². The second kappa shape index (κ2) is 2.51. The summed E-state index contributed by atoms with van der Waals surface area (Å²) in [5.41, 5.74) is 0.0172. The summed E-state index contributed by atoms with van der Waals surface area (Å²) in [4.78, 5) is 0. The van der Waals surface area contributed by atoms with Gasteiger partial charge in [0, 0.05) is 6.07 Å². The Balaban J connectivity index is 2.03. The normalized spacial score (nSPS) is 20.2. The van der Waals surface area contributed by atoms with Crippen molar-refractivity contribution < 1.29 is 9.26 Å². The fourth-order valence-corrected chi connectivity index (χ4v) is 1.42. The Hall–Kier alpha value is -0.990. The predicted molar refractivity (Wildman–Crippen MR) is 44.1 cm³/mol. The Kier molecular flexibility index (Phi) is 1.60. The van der Waals surface area contributed by atoms with Crippen LogP contribution < -0.4 is 4.74 Å². The molecule has 0 amide bonds. The molecule has 1 aliphatic carbocycles. The van der Waals surface area contributed by atoms with Crippen molar-refractivity contribution in [2.45, 2.75) is 38.7 Å². The first kappa shape index (κ1) is 7.65. The van der Waals surface area contributed by atoms with Gasteiger partial charge in [-0.05, 0) is 38.3 Å². The first-order valence-corrected chi connectivity index (χ1v) is 4.30. The summed E-state index contributed by atoms with van der Waals surface area (Å²) in [5.74, 6) is 1.42. The van der Waals surface area contributed by atoms with Crippen molar-refractivity contribution in [2.24, 2.45) is 0 Å². The predicted octanol–water partition coefficient (Wildman–Crippen LogP) is 2.30. The number of hydrogen-bond donors (Lipinski definition) is 0. The first-order valence-electron chi connectivity index (χ1n) is 4.30. The van der Waals surface area contributed by atoms with E-state index < -0.39 is 0 Å². The molecule has 0 spiro atoms. The summed E-state index contributed by atoms with van der Waals surface area (Å²) in [7, 11) is 0. The van der Waals surface area contributed by atoms with Crippen LogP contribution in [0.3, 0.4) is 0 Å². The molecule has 0 aliphatic heterocycles. The fourth-order valence-electron chi connectivity index (χ4n) is 1.42. The molecule has 0 saturated heterocycles. The lowest BCUT2D eigenvalue weighted by Gasteiger charge is -2.37. The molecule has 1 heterocycles. The standard InChI is InChI=1S/C9H13NO2/c1-7-6-8(10-12-7)11-9(2)4-3-5-9/h6H,3-5H2,1-2H3. The van der Waals surface area contributed by atoms with Gasteiger partial charge in [0.2, 0.25) is 0 Å². The summed E-state index contributed by atoms with van der Waals surface area (Å²) in [5, 5.41) is 3.79. The minimum absolute atomic E-state index is 0.0172. The third-order valence-corrected chi connectivity index (χ3v) is 2.37. The quantitative estimate of drug-likeness (QED) is 0.678. The van der Waals surface area contributed by atoms with Crippen molar-refractivity contribution >= 4 is 0 Å². The van der Waals surface area contributed by atoms with Gasteiger partial charge in [-0.1, -0.05) is 0 Å². The van der Waals surface area contributed by atoms with Gasteiger partial charge in [-0.15, -0.1) is 0 Å². The van der Waals surface area contributed by atoms with Crippen LogP contribution in [0.4, 0.5) is 0 Å². The molecule has 66 valence electrons. The average molecular weight is 167 g/mol. The van der Waals surface area contributed by atoms with E-state index in [1.165, 1.54) is 6.42 Å². The van der Waals surface area contributed by atoms with E-state index in [4.69, 9.17) is 9.26 Å². The number of aryl methyl sites for hydroxylation is 1. The molecule has 1 aromatic heterocycles. The Labute approximate surface area is 71.7 Å². The molecule has 0 unspecified atom stereocenters. The molecule has 0 N–H and O–H groups in total. The van der Waals surface area contributed by atoms with Crippen molar-refractivity contribution in [2.75, 3.05) is 0 Å². The summed E-state index contributed by atoms with van der Waals surface area (Å²) in [6.45, 7) is 3.98. The molecule has 3 heteroatoms. The molecule has 12 heavy (non-hydrogen) atoms. The highest BCUT2D eigenvalue weighted by molar-refractivity contribution is 5.11. The van der Waals surface area contributed by atoms with Gasteiger partial charge in [-0.25, -0.2) is 0 Å². The molecule has 1 saturated carbocycles. The van der Waals surface area contributed by atoms with Crippen molar-refractivity contribution in [1.29, 1.82) is 0 Å². The Bertz CT molecular complexity index is 276. The van der Waals surface area contributed by atoms with E-state index in [1.807, 2.05) is 13.0 Å². The highest BCUT2D eigenvalue weighted by atomic mass is 16.6. The minimum atomic E-state index is 0.0172. The van der Waals surface area contributed by atoms with Crippen LogP contribution in [0.15, 0.2) is 10.6 Å². The smallest absolute Gasteiger partial charge is 0.254 e. The lowest BCUT2D eigenvalue weighted by molar-refractivity contribution is 0.00449. The topological polar surface area (TPSA) is 35.3 Å². The van der Waals surface area contributed by atoms with Gasteiger partial charge in [0.05, 0.1) is 0 Å². The zero-order valence-corrected chi connectivity index (χ0v) is 7.46. The Morgan fingerprint density at radius 1 is 1.58 bits per heavy atom. The number of hydrogen-bond acceptors (Lipinski definition) is 3. The van der Waals surface area contributed by atoms with E-state index in [-0.39, 0.29) is 5.60 Å². The van der Waals surface area contributed by atoms with Crippen LogP contribution >= 0.6 is 0 Å². The number of nitrogens with zero attached hydrogens (tertiary/aromatic N) is 1. The van der Waals surface area contributed by atoms with Gasteiger partial charge in [-0.2, -0.15) is 0 Å². The number of rotatable bonds is 2. The summed E-state index contributed by atoms with van der Waals surface area (Å²) in [6, 6.07) is 1.82. The minimum Gasteiger partial charge on any atom is -0.469 e. The van der Waals surface area contributed by atoms with E-state index in [0.29, 0.717) is 5.88 Å². The van der Waals surface area contributed by atoms with Crippen molar-refractivity contribution in [1.82, 2.24) is 5.16 Å². The lowest BCUT2D eigenvalue weighted by atomic mass is 9.82. The van der Waals surface area contributed by atoms with Crippen LogP contribution in [-0.2, 0) is 0 Å². The SMILES string of the molecule is Cc1cc(OC2(C)CCC2)no1. The van der Waals surface area contributed by atoms with Crippen LogP contribution in [0, 0.1) is 6.92 Å². The molecule has 0 aromatic carbocycles. The molecule has 1 fully saturated rings. The molecule has 0 radical (unpaired) electrons. The zero-order valence-electron chi connectivity index (χ0n) is 7.46. The van der Waals surface area contributed by atoms with E-state index in [9.17, 15) is 0 Å². The maximum absolute atomic E-state index is 5.65. The van der Waals surface area contributed by atoms with E-state index in [1.54, 1.807) is 0 Å². The molecular formula is C9H13NO2. The first-order chi connectivity index (χ1) is 5.68. The van der Waals surface area contributed by atoms with Crippen LogP contribution in [0.2, 0.25) is 0 Å². The maximum atomic E-state index is 5.65. The van der Waals surface area contributed by atoms with E-state index in [0.717, 1.165) is 18.6 Å². The molecule has 0 bridgehead atoms. The van der Waals surface area contributed by atoms with Crippen LogP contribution in [0.1, 0.15) is 31.9 Å². The Morgan fingerprint density at radius 2 is 2.33 bits per heavy atom. The van der Waals surface area contributed by atoms with Gasteiger partial charge in [0.1, 0.15) is 11.4 Å². The highest BCUT2D eigenvalue weighted by Gasteiger charge is 2.34. The fraction of sp³-hybridized carbons (Fsp3) is 0.667. The molecule has 3 nitrogen and oxygen atoms in total. The maximum Gasteiger partial charge on any atom is 0.254 e. The van der Waals surface area contributed by atoms with Gasteiger partial charge >= 0.3 is 0 Å². The monoisotopic (exact) mass is 167 g/mol. The van der Waals surface area contributed by atoms with E-state index >= 15 is 0 Å². The van der Waals surface area contributed by atoms with Gasteiger partial charge in [0.25, 0.3) is 5.88 Å². The largest absolute Gasteiger partial charge is 0.469 e. The highest BCUT2D eigenvalue weighted by Crippen LogP contribution is 2.35. The number of aromatic nitrogens is 1. The van der Waals surface area contributed by atoms with Gasteiger partial charge in [-0.3, -0.25) is 0 Å². The zero-order chi connectivity index (χ0) is 8.60. The summed E-state index contributed by atoms with van der Waals surface area (Å²) >= 11 is 0. The van der Waals surface area contributed by atoms with Gasteiger partial charge < -0.3 is 9.26 Å². The molecule has 2 rings (SSSR count). The Morgan fingerprint density at radius 3 is 2.75 bits per heavy atom. The molecule has 1 aromatic rings. The lowest BCUT2D eigenvalue weighted by Crippen LogP contribution is -2.39. The summed E-state index contributed by atoms with van der Waals surface area (Å²) in [6.07, 6.45) is 3.51. The molecular weight excluding hydrogens is 154 g/mol. The number of ether oxygens (including phenoxy) is 1. The third kappa shape index (κ3) is 1.31. The summed E-state index contributed by atoms with van der Waals surface area (Å²) < 4.78 is 10.6. The van der Waals surface area contributed by atoms with E-state index in [2.05, 4.69) is 12.1 Å². The van der Waals surface area contributed by atoms with Crippen LogP contribution in [0.25, 0.3) is 0 Å². The van der Waals surface area contributed by atoms with Gasteiger partial charge in [0.15, 0.2) is 0 Å². The molecule has 0 atom stereocenters. The second-order valence-corrected chi connectivity index (χ2v) is 3.68. The molecule has 1 aliphatic rings.